The molecule has 42 heavy (non-hydrogen) atoms. The number of aryl methyl sites for hydroxylation is 3. The van der Waals surface area contributed by atoms with Crippen molar-refractivity contribution in [3.63, 3.8) is 0 Å². The van der Waals surface area contributed by atoms with Crippen molar-refractivity contribution in [3.05, 3.63) is 95.4 Å². The van der Waals surface area contributed by atoms with Crippen LogP contribution in [-0.2, 0) is 9.53 Å². The quantitative estimate of drug-likeness (QED) is 0.229. The highest BCUT2D eigenvalue weighted by atomic mass is 16.5. The largest absolute Gasteiger partial charge is 0.449 e. The van der Waals surface area contributed by atoms with Gasteiger partial charge in [0.05, 0.1) is 6.61 Å². The lowest BCUT2D eigenvalue weighted by Crippen LogP contribution is -2.46. The number of rotatable bonds is 7. The molecule has 0 atom stereocenters. The van der Waals surface area contributed by atoms with E-state index in [-0.39, 0.29) is 12.3 Å². The maximum absolute atomic E-state index is 13.5. The SMILES string of the molecule is CCOC(=O)n1c(C)cc(-c2ccccc2)c1C(=O)C(=O)Nc1ccc(N2CCN(c3cc(C)cc(C)n3)CC2)cc1. The molecule has 2 aromatic carbocycles. The van der Waals surface area contributed by atoms with Gasteiger partial charge >= 0.3 is 6.09 Å². The van der Waals surface area contributed by atoms with Crippen LogP contribution in [0.25, 0.3) is 11.1 Å². The van der Waals surface area contributed by atoms with E-state index in [9.17, 15) is 14.4 Å². The highest BCUT2D eigenvalue weighted by Crippen LogP contribution is 2.29. The number of Topliss-reactive ketones (excluding diaryl/α,β-unsaturated/α-hetero) is 1. The van der Waals surface area contributed by atoms with E-state index in [0.717, 1.165) is 48.9 Å². The van der Waals surface area contributed by atoms with Gasteiger partial charge in [-0.25, -0.2) is 14.3 Å². The molecule has 4 aromatic rings. The van der Waals surface area contributed by atoms with Crippen molar-refractivity contribution in [1.29, 1.82) is 0 Å². The monoisotopic (exact) mass is 565 g/mol. The normalized spacial score (nSPS) is 13.1. The van der Waals surface area contributed by atoms with Crippen molar-refractivity contribution in [2.45, 2.75) is 27.7 Å². The van der Waals surface area contributed by atoms with E-state index in [1.807, 2.05) is 49.4 Å². The molecule has 3 heterocycles. The Kier molecular flexibility index (Phi) is 8.38. The third-order valence-electron chi connectivity index (χ3n) is 7.32. The zero-order chi connectivity index (χ0) is 29.8. The molecule has 0 bridgehead atoms. The summed E-state index contributed by atoms with van der Waals surface area (Å²) in [4.78, 5) is 48.8. The minimum Gasteiger partial charge on any atom is -0.449 e. The highest BCUT2D eigenvalue weighted by molar-refractivity contribution is 6.47. The predicted octanol–water partition coefficient (Wildman–Crippen LogP) is 5.63. The minimum absolute atomic E-state index is 0.0255. The average Bonchev–Trinajstić information content (AvgIpc) is 3.34. The molecule has 1 amide bonds. The van der Waals surface area contributed by atoms with Crippen LogP contribution in [0.15, 0.2) is 72.8 Å². The Morgan fingerprint density at radius 2 is 1.52 bits per heavy atom. The molecule has 9 heteroatoms. The standard InChI is InChI=1S/C33H35N5O4/c1-5-42-33(41)38-24(4)21-28(25-9-7-6-8-10-25)30(38)31(39)32(40)35-26-11-13-27(14-12-26)36-15-17-37(18-16-36)29-20-22(2)19-23(3)34-29/h6-14,19-21H,5,15-18H2,1-4H3,(H,35,40). The first-order chi connectivity index (χ1) is 20.2. The van der Waals surface area contributed by atoms with E-state index in [4.69, 9.17) is 9.72 Å². The second-order valence-corrected chi connectivity index (χ2v) is 10.4. The molecule has 9 nitrogen and oxygen atoms in total. The molecule has 2 aromatic heterocycles. The highest BCUT2D eigenvalue weighted by Gasteiger charge is 2.29. The van der Waals surface area contributed by atoms with Gasteiger partial charge in [0, 0.05) is 54.5 Å². The fourth-order valence-electron chi connectivity index (χ4n) is 5.35. The number of nitrogens with one attached hydrogen (secondary N) is 1. The Balaban J connectivity index is 1.29. The topological polar surface area (TPSA) is 96.8 Å². The van der Waals surface area contributed by atoms with E-state index in [1.54, 1.807) is 32.0 Å². The summed E-state index contributed by atoms with van der Waals surface area (Å²) in [5.41, 5.74) is 5.43. The number of aromatic nitrogens is 2. The van der Waals surface area contributed by atoms with Crippen molar-refractivity contribution in [3.8, 4) is 11.1 Å². The Morgan fingerprint density at radius 3 is 2.17 bits per heavy atom. The summed E-state index contributed by atoms with van der Waals surface area (Å²) >= 11 is 0. The van der Waals surface area contributed by atoms with Crippen LogP contribution in [-0.4, -0.2) is 60.1 Å². The number of amides is 1. The molecule has 0 spiro atoms. The number of hydrogen-bond donors (Lipinski definition) is 1. The van der Waals surface area contributed by atoms with Crippen molar-refractivity contribution >= 4 is 35.0 Å². The van der Waals surface area contributed by atoms with E-state index < -0.39 is 17.8 Å². The molecule has 1 saturated heterocycles. The van der Waals surface area contributed by atoms with Crippen molar-refractivity contribution in [1.82, 2.24) is 9.55 Å². The molecule has 1 aliphatic heterocycles. The summed E-state index contributed by atoms with van der Waals surface area (Å²) in [7, 11) is 0. The van der Waals surface area contributed by atoms with Gasteiger partial charge in [-0.1, -0.05) is 30.3 Å². The maximum atomic E-state index is 13.5. The van der Waals surface area contributed by atoms with E-state index in [2.05, 4.69) is 34.2 Å². The molecule has 1 aliphatic rings. The number of benzene rings is 2. The molecule has 216 valence electrons. The van der Waals surface area contributed by atoms with Gasteiger partial charge in [0.2, 0.25) is 0 Å². The number of piperazine rings is 1. The molecular weight excluding hydrogens is 530 g/mol. The molecule has 0 saturated carbocycles. The van der Waals surface area contributed by atoms with E-state index >= 15 is 0 Å². The average molecular weight is 566 g/mol. The number of nitrogens with zero attached hydrogens (tertiary/aromatic N) is 4. The Bertz CT molecular complexity index is 1580. The second kappa shape index (κ2) is 12.3. The number of hydrogen-bond acceptors (Lipinski definition) is 7. The fraction of sp³-hybridized carbons (Fsp3) is 0.273. The number of carbonyl (C=O) groups is 3. The van der Waals surface area contributed by atoms with Crippen LogP contribution >= 0.6 is 0 Å². The molecule has 0 radical (unpaired) electrons. The third kappa shape index (κ3) is 6.05. The number of carbonyl (C=O) groups excluding carboxylic acids is 3. The van der Waals surface area contributed by atoms with Gasteiger partial charge in [-0.3, -0.25) is 9.59 Å². The van der Waals surface area contributed by atoms with Gasteiger partial charge in [0.1, 0.15) is 11.5 Å². The van der Waals surface area contributed by atoms with Gasteiger partial charge in [0.25, 0.3) is 11.7 Å². The zero-order valence-corrected chi connectivity index (χ0v) is 24.4. The van der Waals surface area contributed by atoms with Crippen molar-refractivity contribution in [2.24, 2.45) is 0 Å². The van der Waals surface area contributed by atoms with Crippen LogP contribution in [0.3, 0.4) is 0 Å². The van der Waals surface area contributed by atoms with Crippen LogP contribution in [0, 0.1) is 20.8 Å². The summed E-state index contributed by atoms with van der Waals surface area (Å²) in [6.07, 6.45) is -0.703. The second-order valence-electron chi connectivity index (χ2n) is 10.4. The summed E-state index contributed by atoms with van der Waals surface area (Å²) in [5, 5.41) is 2.71. The number of ether oxygens (including phenoxy) is 1. The molecular formula is C33H35N5O4. The Hall–Kier alpha value is -4.92. The zero-order valence-electron chi connectivity index (χ0n) is 24.4. The fourth-order valence-corrected chi connectivity index (χ4v) is 5.35. The van der Waals surface area contributed by atoms with E-state index in [0.29, 0.717) is 16.9 Å². The van der Waals surface area contributed by atoms with Crippen LogP contribution in [0.2, 0.25) is 0 Å². The van der Waals surface area contributed by atoms with Gasteiger partial charge in [-0.2, -0.15) is 0 Å². The lowest BCUT2D eigenvalue weighted by molar-refractivity contribution is -0.112. The van der Waals surface area contributed by atoms with Gasteiger partial charge in [-0.15, -0.1) is 0 Å². The van der Waals surface area contributed by atoms with Crippen LogP contribution in [0.1, 0.15) is 34.4 Å². The predicted molar refractivity (Wildman–Crippen MR) is 165 cm³/mol. The molecule has 1 fully saturated rings. The summed E-state index contributed by atoms with van der Waals surface area (Å²) < 4.78 is 6.36. The number of anilines is 3. The molecule has 5 rings (SSSR count). The summed E-state index contributed by atoms with van der Waals surface area (Å²) in [6, 6.07) is 22.5. The lowest BCUT2D eigenvalue weighted by Gasteiger charge is -2.37. The number of ketones is 1. The van der Waals surface area contributed by atoms with E-state index in [1.165, 1.54) is 10.1 Å². The minimum atomic E-state index is -0.835. The van der Waals surface area contributed by atoms with Gasteiger partial charge in [-0.05, 0) is 81.3 Å². The molecule has 1 N–H and O–H groups in total. The van der Waals surface area contributed by atoms with Crippen molar-refractivity contribution in [2.75, 3.05) is 47.9 Å². The first-order valence-electron chi connectivity index (χ1n) is 14.1. The van der Waals surface area contributed by atoms with Gasteiger partial charge < -0.3 is 19.9 Å². The smallest absolute Gasteiger partial charge is 0.418 e. The summed E-state index contributed by atoms with van der Waals surface area (Å²) in [5.74, 6) is -0.650. The van der Waals surface area contributed by atoms with Crippen LogP contribution < -0.4 is 15.1 Å². The maximum Gasteiger partial charge on any atom is 0.418 e. The molecule has 0 aliphatic carbocycles. The Morgan fingerprint density at radius 1 is 0.857 bits per heavy atom. The third-order valence-corrected chi connectivity index (χ3v) is 7.32. The van der Waals surface area contributed by atoms with Crippen molar-refractivity contribution < 1.29 is 19.1 Å². The lowest BCUT2D eigenvalue weighted by atomic mass is 10.0. The van der Waals surface area contributed by atoms with Gasteiger partial charge in [0.15, 0.2) is 0 Å². The summed E-state index contributed by atoms with van der Waals surface area (Å²) in [6.45, 7) is 11.0. The Labute approximate surface area is 245 Å². The first kappa shape index (κ1) is 28.6. The van der Waals surface area contributed by atoms with Crippen LogP contribution in [0.5, 0.6) is 0 Å². The number of pyridine rings is 1. The van der Waals surface area contributed by atoms with Crippen LogP contribution in [0.4, 0.5) is 22.0 Å². The molecule has 0 unspecified atom stereocenters. The first-order valence-corrected chi connectivity index (χ1v) is 14.1.